The molecule has 2 fully saturated rings. The van der Waals surface area contributed by atoms with Crippen molar-refractivity contribution in [3.63, 3.8) is 0 Å². The number of nitrogens with zero attached hydrogens (tertiary/aromatic N) is 7. The quantitative estimate of drug-likeness (QED) is 0.157. The molecule has 56 heavy (non-hydrogen) atoms. The van der Waals surface area contributed by atoms with Crippen LogP contribution in [0.3, 0.4) is 0 Å². The van der Waals surface area contributed by atoms with Gasteiger partial charge in [-0.2, -0.15) is 9.97 Å². The molecule has 3 atom stereocenters. The van der Waals surface area contributed by atoms with Gasteiger partial charge in [-0.25, -0.2) is 9.37 Å². The number of aromatic nitrogens is 4. The number of ether oxygens (including phenoxy) is 3. The minimum atomic E-state index is -0.598. The van der Waals surface area contributed by atoms with Gasteiger partial charge in [0.15, 0.2) is 5.82 Å². The van der Waals surface area contributed by atoms with Crippen LogP contribution >= 0.6 is 0 Å². The number of hydrogen-bond acceptors (Lipinski definition) is 10. The van der Waals surface area contributed by atoms with E-state index < -0.39 is 5.82 Å². The van der Waals surface area contributed by atoms with Crippen molar-refractivity contribution >= 4 is 50.5 Å². The number of hydrogen-bond donors (Lipinski definition) is 0. The molecule has 6 heterocycles. The number of pyridine rings is 2. The number of benzene rings is 2. The van der Waals surface area contributed by atoms with Crippen molar-refractivity contribution in [1.29, 1.82) is 0 Å². The van der Waals surface area contributed by atoms with Crippen molar-refractivity contribution < 1.29 is 18.6 Å². The molecular formula is C42H47B3FN7O3. The molecule has 3 aromatic heterocycles. The van der Waals surface area contributed by atoms with Gasteiger partial charge < -0.3 is 23.8 Å². The molecule has 4 radical (unpaired) electrons. The number of anilines is 2. The van der Waals surface area contributed by atoms with Crippen molar-refractivity contribution in [3.05, 3.63) is 88.5 Å². The monoisotopic (exact) mass is 749 g/mol. The topological polar surface area (TPSA) is 89.0 Å². The van der Waals surface area contributed by atoms with Gasteiger partial charge in [-0.1, -0.05) is 66.7 Å². The molecule has 0 aliphatic carbocycles. The maximum atomic E-state index is 17.5. The zero-order valence-corrected chi connectivity index (χ0v) is 33.0. The zero-order valence-electron chi connectivity index (χ0n) is 33.0. The fourth-order valence-electron chi connectivity index (χ4n) is 8.64. The van der Waals surface area contributed by atoms with Crippen LogP contribution in [0.1, 0.15) is 60.7 Å². The molecule has 2 unspecified atom stereocenters. The molecule has 2 saturated heterocycles. The second kappa shape index (κ2) is 16.1. The van der Waals surface area contributed by atoms with Crippen LogP contribution in [0.25, 0.3) is 22.2 Å². The van der Waals surface area contributed by atoms with Gasteiger partial charge in [-0.05, 0) is 69.6 Å². The highest BCUT2D eigenvalue weighted by atomic mass is 19.1. The van der Waals surface area contributed by atoms with E-state index >= 15 is 4.39 Å². The normalized spacial score (nSPS) is 18.6. The molecule has 0 amide bonds. The molecular weight excluding hydrogens is 702 g/mol. The first kappa shape index (κ1) is 38.2. The first-order valence-corrected chi connectivity index (χ1v) is 19.8. The predicted octanol–water partition coefficient (Wildman–Crippen LogP) is 5.69. The second-order valence-electron chi connectivity index (χ2n) is 15.3. The molecule has 5 aromatic rings. The van der Waals surface area contributed by atoms with Crippen molar-refractivity contribution in [2.24, 2.45) is 0 Å². The Morgan fingerprint density at radius 1 is 1.05 bits per heavy atom. The summed E-state index contributed by atoms with van der Waals surface area (Å²) in [7, 11) is 13.5. The lowest BCUT2D eigenvalue weighted by molar-refractivity contribution is -0.0101. The third kappa shape index (κ3) is 7.11. The van der Waals surface area contributed by atoms with Crippen LogP contribution in [0, 0.1) is 19.7 Å². The van der Waals surface area contributed by atoms with Crippen molar-refractivity contribution in [3.8, 4) is 23.1 Å². The van der Waals surface area contributed by atoms with Crippen LogP contribution in [0.2, 0.25) is 6.82 Å². The highest BCUT2D eigenvalue weighted by Crippen LogP contribution is 2.43. The van der Waals surface area contributed by atoms with E-state index in [0.717, 1.165) is 60.4 Å². The number of aryl methyl sites for hydroxylation is 1. The van der Waals surface area contributed by atoms with Gasteiger partial charge in [-0.15, -0.1) is 0 Å². The molecule has 0 N–H and O–H groups in total. The summed E-state index contributed by atoms with van der Waals surface area (Å²) in [5.41, 5.74) is 6.64. The van der Waals surface area contributed by atoms with E-state index in [1.54, 1.807) is 4.72 Å². The van der Waals surface area contributed by atoms with E-state index in [2.05, 4.69) is 46.8 Å². The Morgan fingerprint density at radius 2 is 1.88 bits per heavy atom. The summed E-state index contributed by atoms with van der Waals surface area (Å²) in [6.45, 7) is 13.4. The second-order valence-corrected chi connectivity index (χ2v) is 15.3. The zero-order chi connectivity index (χ0) is 39.1. The fourth-order valence-corrected chi connectivity index (χ4v) is 8.64. The molecule has 3 aliphatic rings. The molecule has 8 rings (SSSR count). The fraction of sp³-hybridized carbons (Fsp3) is 0.429. The van der Waals surface area contributed by atoms with E-state index in [4.69, 9.17) is 45.0 Å². The highest BCUT2D eigenvalue weighted by Gasteiger charge is 2.37. The maximum Gasteiger partial charge on any atom is 0.319 e. The van der Waals surface area contributed by atoms with Crippen molar-refractivity contribution in [2.75, 3.05) is 49.1 Å². The first-order valence-electron chi connectivity index (χ1n) is 19.8. The Kier molecular flexibility index (Phi) is 11.0. The number of halogens is 1. The van der Waals surface area contributed by atoms with Crippen LogP contribution in [0.5, 0.6) is 11.9 Å². The van der Waals surface area contributed by atoms with Gasteiger partial charge in [0, 0.05) is 41.8 Å². The van der Waals surface area contributed by atoms with Crippen LogP contribution in [0.15, 0.2) is 54.7 Å². The number of morpholine rings is 1. The Morgan fingerprint density at radius 3 is 2.68 bits per heavy atom. The molecule has 0 bridgehead atoms. The standard InChI is InChI=1S/C42H47B3FN7O3/c1-6-33-31(13-10-16-47-33)27(4)51-18-20-55-41-35-39(49-42(50-40(35)51)56-24-30-15-14-29-23-54-19-17-52(29)30)37(46)38(48-41)32-21-34(36(43)26(3)25(32)2)53(44)45(5)22-28-11-8-7-9-12-28/h7-13,16,21,27,29-30H,6,14-15,17-20,22-24H2,1-5H3/t27?,29?,30-/m0/s1. The average molecular weight is 749 g/mol. The highest BCUT2D eigenvalue weighted by molar-refractivity contribution is 6.70. The van der Waals surface area contributed by atoms with Crippen molar-refractivity contribution in [1.82, 2.24) is 24.8 Å². The molecule has 2 aromatic carbocycles. The number of rotatable bonds is 11. The minimum absolute atomic E-state index is 0.0825. The summed E-state index contributed by atoms with van der Waals surface area (Å²) >= 11 is 0. The van der Waals surface area contributed by atoms with Gasteiger partial charge in [0.25, 0.3) is 0 Å². The first-order chi connectivity index (χ1) is 27.1. The minimum Gasteiger partial charge on any atom is -0.475 e. The molecule has 10 nitrogen and oxygen atoms in total. The summed E-state index contributed by atoms with van der Waals surface area (Å²) in [5.74, 6) is 0.177. The summed E-state index contributed by atoms with van der Waals surface area (Å²) < 4.78 is 37.8. The van der Waals surface area contributed by atoms with E-state index in [-0.39, 0.29) is 42.0 Å². The predicted molar refractivity (Wildman–Crippen MR) is 222 cm³/mol. The Bertz CT molecular complexity index is 2230. The smallest absolute Gasteiger partial charge is 0.319 e. The summed E-state index contributed by atoms with van der Waals surface area (Å²) in [4.78, 5) is 24.0. The van der Waals surface area contributed by atoms with Crippen LogP contribution in [-0.4, -0.2) is 99.1 Å². The van der Waals surface area contributed by atoms with Crippen molar-refractivity contribution in [2.45, 2.75) is 78.2 Å². The third-order valence-corrected chi connectivity index (χ3v) is 12.0. The largest absolute Gasteiger partial charge is 0.475 e. The van der Waals surface area contributed by atoms with Gasteiger partial charge in [0.2, 0.25) is 20.7 Å². The lowest BCUT2D eigenvalue weighted by Gasteiger charge is -2.33. The van der Waals surface area contributed by atoms with Gasteiger partial charge in [0.05, 0.1) is 25.8 Å². The summed E-state index contributed by atoms with van der Waals surface area (Å²) in [6, 6.07) is 16.6. The maximum absolute atomic E-state index is 17.5. The average Bonchev–Trinajstić information content (AvgIpc) is 3.55. The van der Waals surface area contributed by atoms with Gasteiger partial charge >= 0.3 is 6.01 Å². The van der Waals surface area contributed by atoms with Crippen LogP contribution in [0.4, 0.5) is 15.9 Å². The molecule has 3 aliphatic heterocycles. The van der Waals surface area contributed by atoms with E-state index in [9.17, 15) is 0 Å². The van der Waals surface area contributed by atoms with Gasteiger partial charge in [-0.3, -0.25) is 9.88 Å². The Balaban J connectivity index is 1.24. The SMILES string of the molecule is [B]c1c(N([B])B(C)Cc2ccccc2)cc(-c2nc3c4c(nc(OC[C@@H]5CCC6COCCN65)nc4c2F)N(C(C)c2cccnc2CC)CCO3)c(C)c1C. The molecule has 14 heteroatoms. The summed E-state index contributed by atoms with van der Waals surface area (Å²) in [5, 5.41) is 0.404. The van der Waals surface area contributed by atoms with E-state index in [1.165, 1.54) is 0 Å². The Hall–Kier alpha value is -4.68. The lowest BCUT2D eigenvalue weighted by Crippen LogP contribution is -2.46. The van der Waals surface area contributed by atoms with E-state index in [1.807, 2.05) is 57.2 Å². The third-order valence-electron chi connectivity index (χ3n) is 12.0. The van der Waals surface area contributed by atoms with Gasteiger partial charge in [0.1, 0.15) is 43.5 Å². The molecule has 0 saturated carbocycles. The molecule has 0 spiro atoms. The van der Waals surface area contributed by atoms with Crippen LogP contribution in [-0.2, 0) is 17.5 Å². The number of fused-ring (bicyclic) bond motifs is 1. The lowest BCUT2D eigenvalue weighted by atomic mass is 9.55. The van der Waals surface area contributed by atoms with E-state index in [0.29, 0.717) is 66.6 Å². The Labute approximate surface area is 332 Å². The van der Waals surface area contributed by atoms with Crippen LogP contribution < -0.4 is 24.6 Å². The molecule has 284 valence electrons. The summed E-state index contributed by atoms with van der Waals surface area (Å²) in [6.07, 6.45) is 5.31.